The van der Waals surface area contributed by atoms with E-state index in [2.05, 4.69) is 15.3 Å². The zero-order valence-corrected chi connectivity index (χ0v) is 10.9. The van der Waals surface area contributed by atoms with E-state index >= 15 is 0 Å². The molecule has 2 heterocycles. The number of nitrogens with one attached hydrogen (secondary N) is 1. The monoisotopic (exact) mass is 250 g/mol. The fraction of sp³-hybridized carbons (Fsp3) is 0.615. The molecule has 0 aliphatic carbocycles. The number of likely N-dealkylation sites (tertiary alicyclic amines) is 1. The molecule has 1 unspecified atom stereocenters. The van der Waals surface area contributed by atoms with Crippen LogP contribution in [0.1, 0.15) is 18.5 Å². The van der Waals surface area contributed by atoms with Crippen molar-refractivity contribution in [3.05, 3.63) is 23.9 Å². The van der Waals surface area contributed by atoms with Crippen molar-refractivity contribution in [3.8, 4) is 0 Å². The summed E-state index contributed by atoms with van der Waals surface area (Å²) in [7, 11) is 1.77. The molecule has 1 aliphatic rings. The maximum Gasteiger partial charge on any atom is 0.140 e. The van der Waals surface area contributed by atoms with Crippen LogP contribution in [0.3, 0.4) is 0 Å². The molecular weight excluding hydrogens is 228 g/mol. The van der Waals surface area contributed by atoms with Gasteiger partial charge in [0.15, 0.2) is 0 Å². The van der Waals surface area contributed by atoms with E-state index in [0.29, 0.717) is 5.92 Å². The highest BCUT2D eigenvalue weighted by atomic mass is 16.5. The normalized spacial score (nSPS) is 20.9. The van der Waals surface area contributed by atoms with Crippen LogP contribution in [0.25, 0.3) is 0 Å². The van der Waals surface area contributed by atoms with Crippen LogP contribution in [0.4, 0.5) is 5.82 Å². The second-order valence-electron chi connectivity index (χ2n) is 4.86. The Balaban J connectivity index is 1.91. The predicted octanol–water partition coefficient (Wildman–Crippen LogP) is 1.23. The standard InChI is InChI=1S/C13H22N4O/c1-18-10-11-4-3-7-17(8-11)9-12-5-2-6-13(15-12)16-14/h2,5-6,11H,3-4,7-10,14H2,1H3,(H,15,16). The van der Waals surface area contributed by atoms with Crippen LogP contribution in [0.2, 0.25) is 0 Å². The first kappa shape index (κ1) is 13.3. The minimum atomic E-state index is 0.652. The molecule has 2 rings (SSSR count). The molecule has 0 radical (unpaired) electrons. The lowest BCUT2D eigenvalue weighted by Crippen LogP contribution is -2.36. The van der Waals surface area contributed by atoms with E-state index in [1.165, 1.54) is 12.8 Å². The Labute approximate surface area is 108 Å². The van der Waals surface area contributed by atoms with Crippen LogP contribution in [0.5, 0.6) is 0 Å². The molecule has 18 heavy (non-hydrogen) atoms. The molecule has 5 heteroatoms. The number of rotatable bonds is 5. The van der Waals surface area contributed by atoms with Crippen molar-refractivity contribution < 1.29 is 4.74 Å². The average molecular weight is 250 g/mol. The largest absolute Gasteiger partial charge is 0.384 e. The van der Waals surface area contributed by atoms with Crippen molar-refractivity contribution in [2.24, 2.45) is 11.8 Å². The molecule has 1 fully saturated rings. The van der Waals surface area contributed by atoms with Gasteiger partial charge in [-0.2, -0.15) is 0 Å². The second-order valence-corrected chi connectivity index (χ2v) is 4.86. The minimum absolute atomic E-state index is 0.652. The fourth-order valence-corrected chi connectivity index (χ4v) is 2.54. The fourth-order valence-electron chi connectivity index (χ4n) is 2.54. The zero-order valence-electron chi connectivity index (χ0n) is 10.9. The van der Waals surface area contributed by atoms with Gasteiger partial charge in [0.1, 0.15) is 5.82 Å². The minimum Gasteiger partial charge on any atom is -0.384 e. The highest BCUT2D eigenvalue weighted by Gasteiger charge is 2.20. The van der Waals surface area contributed by atoms with Crippen LogP contribution in [-0.2, 0) is 11.3 Å². The van der Waals surface area contributed by atoms with E-state index in [4.69, 9.17) is 10.6 Å². The van der Waals surface area contributed by atoms with E-state index < -0.39 is 0 Å². The molecular formula is C13H22N4O. The zero-order chi connectivity index (χ0) is 12.8. The number of nitrogen functional groups attached to an aromatic ring is 1. The van der Waals surface area contributed by atoms with Gasteiger partial charge in [-0.1, -0.05) is 6.07 Å². The SMILES string of the molecule is COCC1CCCN(Cc2cccc(NN)n2)C1. The van der Waals surface area contributed by atoms with Gasteiger partial charge in [0.05, 0.1) is 12.3 Å². The first-order chi connectivity index (χ1) is 8.81. The topological polar surface area (TPSA) is 63.4 Å². The molecule has 0 bridgehead atoms. The summed E-state index contributed by atoms with van der Waals surface area (Å²) in [6, 6.07) is 5.89. The van der Waals surface area contributed by atoms with Crippen molar-refractivity contribution in [3.63, 3.8) is 0 Å². The Morgan fingerprint density at radius 3 is 3.22 bits per heavy atom. The molecule has 3 N–H and O–H groups in total. The summed E-state index contributed by atoms with van der Waals surface area (Å²) in [4.78, 5) is 6.89. The maximum atomic E-state index is 5.37. The van der Waals surface area contributed by atoms with Gasteiger partial charge in [-0.05, 0) is 37.4 Å². The van der Waals surface area contributed by atoms with Crippen molar-refractivity contribution in [1.29, 1.82) is 0 Å². The lowest BCUT2D eigenvalue weighted by atomic mass is 9.99. The lowest BCUT2D eigenvalue weighted by Gasteiger charge is -2.32. The number of hydrogen-bond donors (Lipinski definition) is 2. The van der Waals surface area contributed by atoms with E-state index in [9.17, 15) is 0 Å². The van der Waals surface area contributed by atoms with Gasteiger partial charge < -0.3 is 10.2 Å². The average Bonchev–Trinajstić information content (AvgIpc) is 2.40. The molecule has 1 saturated heterocycles. The number of methoxy groups -OCH3 is 1. The Morgan fingerprint density at radius 1 is 1.56 bits per heavy atom. The molecule has 0 saturated carbocycles. The summed E-state index contributed by atoms with van der Waals surface area (Å²) >= 11 is 0. The summed E-state index contributed by atoms with van der Waals surface area (Å²) in [5, 5.41) is 0. The van der Waals surface area contributed by atoms with Gasteiger partial charge >= 0.3 is 0 Å². The van der Waals surface area contributed by atoms with E-state index in [-0.39, 0.29) is 0 Å². The number of aromatic nitrogens is 1. The van der Waals surface area contributed by atoms with Crippen LogP contribution in [0.15, 0.2) is 18.2 Å². The molecule has 1 aromatic heterocycles. The lowest BCUT2D eigenvalue weighted by molar-refractivity contribution is 0.0868. The summed E-state index contributed by atoms with van der Waals surface area (Å²) < 4.78 is 5.25. The Kier molecular flexibility index (Phi) is 4.92. The Morgan fingerprint density at radius 2 is 2.44 bits per heavy atom. The van der Waals surface area contributed by atoms with Crippen molar-refractivity contribution in [1.82, 2.24) is 9.88 Å². The van der Waals surface area contributed by atoms with Crippen LogP contribution in [-0.4, -0.2) is 36.7 Å². The van der Waals surface area contributed by atoms with E-state index in [1.54, 1.807) is 7.11 Å². The quantitative estimate of drug-likeness (QED) is 0.608. The van der Waals surface area contributed by atoms with Crippen molar-refractivity contribution in [2.75, 3.05) is 32.2 Å². The summed E-state index contributed by atoms with van der Waals surface area (Å²) in [6.07, 6.45) is 2.50. The molecule has 1 aliphatic heterocycles. The van der Waals surface area contributed by atoms with Gasteiger partial charge in [0, 0.05) is 20.2 Å². The van der Waals surface area contributed by atoms with E-state index in [1.807, 2.05) is 18.2 Å². The van der Waals surface area contributed by atoms with Crippen LogP contribution >= 0.6 is 0 Å². The highest BCUT2D eigenvalue weighted by molar-refractivity contribution is 5.33. The molecule has 0 spiro atoms. The summed E-state index contributed by atoms with van der Waals surface area (Å²) in [5.74, 6) is 6.74. The molecule has 0 amide bonds. The smallest absolute Gasteiger partial charge is 0.140 e. The molecule has 5 nitrogen and oxygen atoms in total. The van der Waals surface area contributed by atoms with Crippen LogP contribution in [0, 0.1) is 5.92 Å². The summed E-state index contributed by atoms with van der Waals surface area (Å²) in [5.41, 5.74) is 3.64. The number of hydrazine groups is 1. The number of ether oxygens (including phenoxy) is 1. The first-order valence-corrected chi connectivity index (χ1v) is 6.45. The van der Waals surface area contributed by atoms with Gasteiger partial charge in [-0.3, -0.25) is 4.90 Å². The number of hydrogen-bond acceptors (Lipinski definition) is 5. The van der Waals surface area contributed by atoms with Gasteiger partial charge in [0.2, 0.25) is 0 Å². The number of pyridine rings is 1. The number of anilines is 1. The van der Waals surface area contributed by atoms with Crippen molar-refractivity contribution >= 4 is 5.82 Å². The number of nitrogens with two attached hydrogens (primary N) is 1. The molecule has 1 atom stereocenters. The molecule has 1 aromatic rings. The third-order valence-electron chi connectivity index (χ3n) is 3.35. The Hall–Kier alpha value is -1.17. The third kappa shape index (κ3) is 3.66. The maximum absolute atomic E-state index is 5.37. The summed E-state index contributed by atoms with van der Waals surface area (Å²) in [6.45, 7) is 3.97. The third-order valence-corrected chi connectivity index (χ3v) is 3.35. The number of piperidine rings is 1. The highest BCUT2D eigenvalue weighted by Crippen LogP contribution is 2.18. The van der Waals surface area contributed by atoms with Gasteiger partial charge in [0.25, 0.3) is 0 Å². The second kappa shape index (κ2) is 6.68. The van der Waals surface area contributed by atoms with E-state index in [0.717, 1.165) is 37.8 Å². The first-order valence-electron chi connectivity index (χ1n) is 6.45. The predicted molar refractivity (Wildman–Crippen MR) is 71.9 cm³/mol. The van der Waals surface area contributed by atoms with Crippen LogP contribution < -0.4 is 11.3 Å². The Bertz CT molecular complexity index is 370. The number of nitrogens with zero attached hydrogens (tertiary/aromatic N) is 2. The van der Waals surface area contributed by atoms with Gasteiger partial charge in [-0.25, -0.2) is 10.8 Å². The molecule has 0 aromatic carbocycles. The molecule has 100 valence electrons. The van der Waals surface area contributed by atoms with Gasteiger partial charge in [-0.15, -0.1) is 0 Å². The van der Waals surface area contributed by atoms with Crippen molar-refractivity contribution in [2.45, 2.75) is 19.4 Å².